The Labute approximate surface area is 72.7 Å². The molecule has 0 aliphatic rings. The van der Waals surface area contributed by atoms with Crippen molar-refractivity contribution in [3.05, 3.63) is 12.7 Å². The van der Waals surface area contributed by atoms with Crippen molar-refractivity contribution in [3.8, 4) is 0 Å². The summed E-state index contributed by atoms with van der Waals surface area (Å²) in [6.45, 7) is 1.15. The van der Waals surface area contributed by atoms with Crippen LogP contribution in [0.25, 0.3) is 0 Å². The highest BCUT2D eigenvalue weighted by molar-refractivity contribution is 7.86. The Hall–Kier alpha value is -1.02. The highest BCUT2D eigenvalue weighted by atomic mass is 32.2. The van der Waals surface area contributed by atoms with Crippen LogP contribution < -0.4 is 0 Å². The lowest BCUT2D eigenvalue weighted by Crippen LogP contribution is -2.34. The van der Waals surface area contributed by atoms with Gasteiger partial charge >= 0.3 is 21.3 Å². The van der Waals surface area contributed by atoms with Crippen LogP contribution >= 0.6 is 0 Å². The SMILES string of the molecule is C=CC(=O)OCC(F)(F)S(=O)(=O)O. The van der Waals surface area contributed by atoms with E-state index in [0.717, 1.165) is 0 Å². The van der Waals surface area contributed by atoms with Gasteiger partial charge in [-0.25, -0.2) is 4.79 Å². The molecule has 0 fully saturated rings. The molecule has 0 rings (SSSR count). The largest absolute Gasteiger partial charge is 0.455 e. The van der Waals surface area contributed by atoms with Crippen LogP contribution in [0.1, 0.15) is 0 Å². The maximum absolute atomic E-state index is 12.3. The molecule has 0 aromatic heterocycles. The number of hydrogen-bond donors (Lipinski definition) is 1. The first-order valence-corrected chi connectivity index (χ1v) is 4.29. The van der Waals surface area contributed by atoms with E-state index >= 15 is 0 Å². The Kier molecular flexibility index (Phi) is 3.50. The zero-order chi connectivity index (χ0) is 10.7. The van der Waals surface area contributed by atoms with Gasteiger partial charge in [0.05, 0.1) is 0 Å². The first kappa shape index (κ1) is 12.0. The first-order chi connectivity index (χ1) is 5.70. The molecule has 0 aromatic rings. The van der Waals surface area contributed by atoms with Crippen LogP contribution in [0.3, 0.4) is 0 Å². The number of ether oxygens (including phenoxy) is 1. The van der Waals surface area contributed by atoms with Crippen molar-refractivity contribution in [2.24, 2.45) is 0 Å². The van der Waals surface area contributed by atoms with Gasteiger partial charge in [0.25, 0.3) is 0 Å². The lowest BCUT2D eigenvalue weighted by Gasteiger charge is -2.11. The Balaban J connectivity index is 4.37. The second-order valence-corrected chi connectivity index (χ2v) is 3.47. The van der Waals surface area contributed by atoms with E-state index in [9.17, 15) is 22.0 Å². The lowest BCUT2D eigenvalue weighted by molar-refractivity contribution is -0.143. The molecule has 0 radical (unpaired) electrons. The van der Waals surface area contributed by atoms with Crippen LogP contribution in [0.2, 0.25) is 0 Å². The van der Waals surface area contributed by atoms with Crippen LogP contribution in [0.15, 0.2) is 12.7 Å². The number of halogens is 2. The minimum absolute atomic E-state index is 0.583. The van der Waals surface area contributed by atoms with E-state index in [4.69, 9.17) is 4.55 Å². The number of alkyl halides is 2. The normalized spacial score (nSPS) is 12.2. The molecule has 0 aliphatic carbocycles. The summed E-state index contributed by atoms with van der Waals surface area (Å²) in [6.07, 6.45) is 0.583. The molecular formula is C5H6F2O5S. The predicted octanol–water partition coefficient (Wildman–Crippen LogP) is 0.196. The molecule has 5 nitrogen and oxygen atoms in total. The van der Waals surface area contributed by atoms with Crippen LogP contribution in [0.4, 0.5) is 8.78 Å². The second-order valence-electron chi connectivity index (χ2n) is 1.92. The van der Waals surface area contributed by atoms with Crippen molar-refractivity contribution in [1.29, 1.82) is 0 Å². The molecule has 0 aliphatic heterocycles. The molecule has 1 N–H and O–H groups in total. The molecule has 0 bridgehead atoms. The van der Waals surface area contributed by atoms with Crippen LogP contribution in [0.5, 0.6) is 0 Å². The van der Waals surface area contributed by atoms with Crippen LogP contribution in [0, 0.1) is 0 Å². The molecule has 8 heteroatoms. The van der Waals surface area contributed by atoms with Crippen molar-refractivity contribution < 1.29 is 31.3 Å². The van der Waals surface area contributed by atoms with E-state index in [-0.39, 0.29) is 0 Å². The topological polar surface area (TPSA) is 80.7 Å². The summed E-state index contributed by atoms with van der Waals surface area (Å²) in [6, 6.07) is 0. The smallest absolute Gasteiger partial charge is 0.402 e. The highest BCUT2D eigenvalue weighted by Crippen LogP contribution is 2.20. The van der Waals surface area contributed by atoms with Gasteiger partial charge in [0.1, 0.15) is 0 Å². The van der Waals surface area contributed by atoms with E-state index in [1.165, 1.54) is 0 Å². The number of hydrogen-bond acceptors (Lipinski definition) is 4. The van der Waals surface area contributed by atoms with Gasteiger partial charge in [0.15, 0.2) is 6.61 Å². The van der Waals surface area contributed by atoms with Gasteiger partial charge < -0.3 is 4.74 Å². The van der Waals surface area contributed by atoms with Crippen molar-refractivity contribution in [1.82, 2.24) is 0 Å². The van der Waals surface area contributed by atoms with Gasteiger partial charge in [-0.15, -0.1) is 0 Å². The fourth-order valence-electron chi connectivity index (χ4n) is 0.289. The molecule has 0 saturated heterocycles. The fourth-order valence-corrected chi connectivity index (χ4v) is 0.496. The molecule has 76 valence electrons. The van der Waals surface area contributed by atoms with Crippen molar-refractivity contribution in [2.45, 2.75) is 5.25 Å². The zero-order valence-electron chi connectivity index (χ0n) is 6.24. The molecule has 0 spiro atoms. The summed E-state index contributed by atoms with van der Waals surface area (Å²) in [5, 5.41) is -4.49. The van der Waals surface area contributed by atoms with Gasteiger partial charge in [-0.05, 0) is 0 Å². The molecule has 0 saturated carbocycles. The maximum atomic E-state index is 12.3. The number of carbonyl (C=O) groups excluding carboxylic acids is 1. The summed E-state index contributed by atoms with van der Waals surface area (Å²) in [5.74, 6) is -1.21. The Bertz CT molecular complexity index is 307. The molecule has 0 atom stereocenters. The highest BCUT2D eigenvalue weighted by Gasteiger charge is 2.45. The van der Waals surface area contributed by atoms with Gasteiger partial charge in [-0.2, -0.15) is 17.2 Å². The fraction of sp³-hybridized carbons (Fsp3) is 0.400. The van der Waals surface area contributed by atoms with Crippen molar-refractivity contribution >= 4 is 16.1 Å². The van der Waals surface area contributed by atoms with Crippen LogP contribution in [-0.2, 0) is 19.6 Å². The standard InChI is InChI=1S/C5H6F2O5S/c1-2-4(8)12-3-5(6,7)13(9,10)11/h2H,1,3H2,(H,9,10,11). The molecule has 13 heavy (non-hydrogen) atoms. The van der Waals surface area contributed by atoms with Gasteiger partial charge in [0, 0.05) is 6.08 Å². The second kappa shape index (κ2) is 3.79. The molecule has 0 aromatic carbocycles. The third-order valence-corrected chi connectivity index (χ3v) is 1.80. The van der Waals surface area contributed by atoms with Gasteiger partial charge in [-0.1, -0.05) is 6.58 Å². The quantitative estimate of drug-likeness (QED) is 0.412. The van der Waals surface area contributed by atoms with E-state index in [1.807, 2.05) is 0 Å². The van der Waals surface area contributed by atoms with E-state index < -0.39 is 27.9 Å². The maximum Gasteiger partial charge on any atom is 0.402 e. The monoisotopic (exact) mass is 216 g/mol. The number of esters is 1. The average molecular weight is 216 g/mol. The summed E-state index contributed by atoms with van der Waals surface area (Å²) >= 11 is 0. The van der Waals surface area contributed by atoms with E-state index in [2.05, 4.69) is 11.3 Å². The predicted molar refractivity (Wildman–Crippen MR) is 37.7 cm³/mol. The van der Waals surface area contributed by atoms with E-state index in [0.29, 0.717) is 6.08 Å². The first-order valence-electron chi connectivity index (χ1n) is 2.85. The van der Waals surface area contributed by atoms with Crippen molar-refractivity contribution in [3.63, 3.8) is 0 Å². The molecule has 0 amide bonds. The third kappa shape index (κ3) is 3.47. The summed E-state index contributed by atoms with van der Waals surface area (Å²) < 4.78 is 56.1. The Morgan fingerprint density at radius 3 is 2.38 bits per heavy atom. The Morgan fingerprint density at radius 2 is 2.08 bits per heavy atom. The Morgan fingerprint density at radius 1 is 1.62 bits per heavy atom. The molecule has 0 unspecified atom stereocenters. The molecule has 0 heterocycles. The minimum atomic E-state index is -5.55. The van der Waals surface area contributed by atoms with E-state index in [1.54, 1.807) is 0 Å². The lowest BCUT2D eigenvalue weighted by atomic mass is 10.6. The average Bonchev–Trinajstić information content (AvgIpc) is 1.98. The van der Waals surface area contributed by atoms with Crippen molar-refractivity contribution in [2.75, 3.05) is 6.61 Å². The minimum Gasteiger partial charge on any atom is -0.455 e. The summed E-state index contributed by atoms with van der Waals surface area (Å²) in [7, 11) is -5.55. The third-order valence-electron chi connectivity index (χ3n) is 0.927. The van der Waals surface area contributed by atoms with Gasteiger partial charge in [0.2, 0.25) is 0 Å². The van der Waals surface area contributed by atoms with Crippen LogP contribution in [-0.4, -0.2) is 30.8 Å². The number of carbonyl (C=O) groups is 1. The molecular weight excluding hydrogens is 210 g/mol. The zero-order valence-corrected chi connectivity index (χ0v) is 7.05. The summed E-state index contributed by atoms with van der Waals surface area (Å²) in [5.41, 5.74) is 0. The van der Waals surface area contributed by atoms with Gasteiger partial charge in [-0.3, -0.25) is 4.55 Å². The summed E-state index contributed by atoms with van der Waals surface area (Å²) in [4.78, 5) is 10.2. The number of rotatable bonds is 4.